The summed E-state index contributed by atoms with van der Waals surface area (Å²) in [5, 5.41) is 3.17. The second kappa shape index (κ2) is 9.56. The standard InChI is InChI=1S/C17H26N2O3/c1-15-17(20)19(11-9-18-15)10-5-6-12-21-14-22-13-16-7-3-2-4-8-16/h2-4,7-8,15,18H,5-6,9-14H2,1H3/t15-/m0/s1. The van der Waals surface area contributed by atoms with Crippen LogP contribution in [-0.2, 0) is 20.9 Å². The van der Waals surface area contributed by atoms with Gasteiger partial charge in [-0.3, -0.25) is 4.79 Å². The van der Waals surface area contributed by atoms with Gasteiger partial charge in [0, 0.05) is 26.2 Å². The van der Waals surface area contributed by atoms with Gasteiger partial charge < -0.3 is 19.7 Å². The Hall–Kier alpha value is -1.43. The zero-order valence-corrected chi connectivity index (χ0v) is 13.3. The molecular weight excluding hydrogens is 280 g/mol. The van der Waals surface area contributed by atoms with Crippen LogP contribution < -0.4 is 5.32 Å². The molecule has 0 aromatic heterocycles. The van der Waals surface area contributed by atoms with Gasteiger partial charge in [-0.1, -0.05) is 30.3 Å². The molecule has 0 aliphatic carbocycles. The molecule has 5 heteroatoms. The summed E-state index contributed by atoms with van der Waals surface area (Å²) in [6, 6.07) is 10.0. The molecule has 1 fully saturated rings. The molecule has 1 aromatic carbocycles. The molecule has 0 saturated carbocycles. The fraction of sp³-hybridized carbons (Fsp3) is 0.588. The molecule has 1 atom stereocenters. The van der Waals surface area contributed by atoms with E-state index in [1.807, 2.05) is 42.2 Å². The molecule has 1 aliphatic heterocycles. The maximum absolute atomic E-state index is 11.9. The number of amides is 1. The zero-order chi connectivity index (χ0) is 15.6. The predicted molar refractivity (Wildman–Crippen MR) is 85.3 cm³/mol. The molecule has 5 nitrogen and oxygen atoms in total. The van der Waals surface area contributed by atoms with Crippen molar-refractivity contribution in [2.45, 2.75) is 32.4 Å². The average molecular weight is 306 g/mol. The van der Waals surface area contributed by atoms with Crippen molar-refractivity contribution in [3.05, 3.63) is 35.9 Å². The van der Waals surface area contributed by atoms with Crippen molar-refractivity contribution in [2.75, 3.05) is 33.0 Å². The molecule has 0 radical (unpaired) electrons. The second-order valence-corrected chi connectivity index (χ2v) is 5.57. The van der Waals surface area contributed by atoms with Crippen LogP contribution in [0.3, 0.4) is 0 Å². The van der Waals surface area contributed by atoms with Gasteiger partial charge in [0.2, 0.25) is 5.91 Å². The molecule has 0 spiro atoms. The van der Waals surface area contributed by atoms with Crippen LogP contribution in [0.25, 0.3) is 0 Å². The number of nitrogens with one attached hydrogen (secondary N) is 1. The van der Waals surface area contributed by atoms with E-state index in [2.05, 4.69) is 5.32 Å². The summed E-state index contributed by atoms with van der Waals surface area (Å²) in [5.41, 5.74) is 1.15. The van der Waals surface area contributed by atoms with Gasteiger partial charge in [-0.2, -0.15) is 0 Å². The molecule has 2 rings (SSSR count). The molecule has 1 aliphatic rings. The summed E-state index contributed by atoms with van der Waals surface area (Å²) in [7, 11) is 0. The van der Waals surface area contributed by atoms with Gasteiger partial charge in [-0.15, -0.1) is 0 Å². The van der Waals surface area contributed by atoms with Gasteiger partial charge in [-0.25, -0.2) is 0 Å². The maximum atomic E-state index is 11.9. The van der Waals surface area contributed by atoms with Gasteiger partial charge in [-0.05, 0) is 25.3 Å². The van der Waals surface area contributed by atoms with Gasteiger partial charge in [0.25, 0.3) is 0 Å². The van der Waals surface area contributed by atoms with Crippen LogP contribution in [0.1, 0.15) is 25.3 Å². The van der Waals surface area contributed by atoms with E-state index < -0.39 is 0 Å². The largest absolute Gasteiger partial charge is 0.355 e. The van der Waals surface area contributed by atoms with E-state index in [1.165, 1.54) is 0 Å². The molecular formula is C17H26N2O3. The molecule has 22 heavy (non-hydrogen) atoms. The Kier molecular flexibility index (Phi) is 7.36. The summed E-state index contributed by atoms with van der Waals surface area (Å²) in [5.74, 6) is 0.207. The van der Waals surface area contributed by atoms with E-state index in [0.29, 0.717) is 20.0 Å². The molecule has 1 heterocycles. The molecule has 1 aromatic rings. The molecule has 0 unspecified atom stereocenters. The lowest BCUT2D eigenvalue weighted by Gasteiger charge is -2.31. The fourth-order valence-corrected chi connectivity index (χ4v) is 2.47. The highest BCUT2D eigenvalue weighted by atomic mass is 16.7. The van der Waals surface area contributed by atoms with E-state index in [-0.39, 0.29) is 11.9 Å². The Morgan fingerprint density at radius 1 is 1.23 bits per heavy atom. The summed E-state index contributed by atoms with van der Waals surface area (Å²) in [6.45, 7) is 6.00. The van der Waals surface area contributed by atoms with E-state index in [0.717, 1.165) is 38.0 Å². The Morgan fingerprint density at radius 2 is 2.05 bits per heavy atom. The lowest BCUT2D eigenvalue weighted by atomic mass is 10.2. The van der Waals surface area contributed by atoms with E-state index >= 15 is 0 Å². The van der Waals surface area contributed by atoms with Crippen LogP contribution in [0.5, 0.6) is 0 Å². The number of hydrogen-bond donors (Lipinski definition) is 1. The summed E-state index contributed by atoms with van der Waals surface area (Å²) >= 11 is 0. The molecule has 0 bridgehead atoms. The predicted octanol–water partition coefficient (Wildman–Crippen LogP) is 1.78. The van der Waals surface area contributed by atoms with E-state index in [4.69, 9.17) is 9.47 Å². The topological polar surface area (TPSA) is 50.8 Å². The lowest BCUT2D eigenvalue weighted by molar-refractivity contribution is -0.135. The Morgan fingerprint density at radius 3 is 2.86 bits per heavy atom. The maximum Gasteiger partial charge on any atom is 0.239 e. The zero-order valence-electron chi connectivity index (χ0n) is 13.3. The Balaban J connectivity index is 1.45. The van der Waals surface area contributed by atoms with Gasteiger partial charge >= 0.3 is 0 Å². The van der Waals surface area contributed by atoms with Crippen molar-refractivity contribution in [1.82, 2.24) is 10.2 Å². The highest BCUT2D eigenvalue weighted by Gasteiger charge is 2.23. The third kappa shape index (κ3) is 5.75. The summed E-state index contributed by atoms with van der Waals surface area (Å²) in [6.07, 6.45) is 1.91. The van der Waals surface area contributed by atoms with Crippen molar-refractivity contribution < 1.29 is 14.3 Å². The Bertz CT molecular complexity index is 439. The summed E-state index contributed by atoms with van der Waals surface area (Å²) in [4.78, 5) is 13.8. The third-order valence-corrected chi connectivity index (χ3v) is 3.76. The molecule has 122 valence electrons. The lowest BCUT2D eigenvalue weighted by Crippen LogP contribution is -2.53. The number of unbranched alkanes of at least 4 members (excludes halogenated alkanes) is 1. The number of carbonyl (C=O) groups excluding carboxylic acids is 1. The van der Waals surface area contributed by atoms with Crippen LogP contribution in [0, 0.1) is 0 Å². The SMILES string of the molecule is C[C@@H]1NCCN(CCCCOCOCc2ccccc2)C1=O. The average Bonchev–Trinajstić information content (AvgIpc) is 2.55. The monoisotopic (exact) mass is 306 g/mol. The molecule has 1 amide bonds. The van der Waals surface area contributed by atoms with Crippen molar-refractivity contribution in [3.8, 4) is 0 Å². The van der Waals surface area contributed by atoms with Crippen LogP contribution >= 0.6 is 0 Å². The van der Waals surface area contributed by atoms with Gasteiger partial charge in [0.1, 0.15) is 6.79 Å². The number of piperazine rings is 1. The molecule has 1 N–H and O–H groups in total. The van der Waals surface area contributed by atoms with Gasteiger partial charge in [0.05, 0.1) is 12.6 Å². The minimum Gasteiger partial charge on any atom is -0.355 e. The van der Waals surface area contributed by atoms with Crippen LogP contribution in [0.2, 0.25) is 0 Å². The highest BCUT2D eigenvalue weighted by Crippen LogP contribution is 2.04. The number of nitrogens with zero attached hydrogens (tertiary/aromatic N) is 1. The van der Waals surface area contributed by atoms with Gasteiger partial charge in [0.15, 0.2) is 0 Å². The first-order valence-corrected chi connectivity index (χ1v) is 7.99. The first kappa shape index (κ1) is 16.9. The van der Waals surface area contributed by atoms with Crippen LogP contribution in [0.15, 0.2) is 30.3 Å². The van der Waals surface area contributed by atoms with Crippen molar-refractivity contribution in [2.24, 2.45) is 0 Å². The number of hydrogen-bond acceptors (Lipinski definition) is 4. The van der Waals surface area contributed by atoms with Crippen molar-refractivity contribution in [3.63, 3.8) is 0 Å². The third-order valence-electron chi connectivity index (χ3n) is 3.76. The van der Waals surface area contributed by atoms with Crippen molar-refractivity contribution >= 4 is 5.91 Å². The number of carbonyl (C=O) groups is 1. The number of rotatable bonds is 9. The summed E-state index contributed by atoms with van der Waals surface area (Å²) < 4.78 is 10.9. The Labute approximate surface area is 132 Å². The minimum atomic E-state index is -0.0450. The van der Waals surface area contributed by atoms with Crippen LogP contribution in [-0.4, -0.2) is 49.9 Å². The first-order valence-electron chi connectivity index (χ1n) is 7.99. The van der Waals surface area contributed by atoms with E-state index in [1.54, 1.807) is 0 Å². The number of ether oxygens (including phenoxy) is 2. The first-order chi connectivity index (χ1) is 10.8. The second-order valence-electron chi connectivity index (χ2n) is 5.57. The quantitative estimate of drug-likeness (QED) is 0.558. The van der Waals surface area contributed by atoms with E-state index in [9.17, 15) is 4.79 Å². The smallest absolute Gasteiger partial charge is 0.239 e. The minimum absolute atomic E-state index is 0.0450. The highest BCUT2D eigenvalue weighted by molar-refractivity contribution is 5.82. The van der Waals surface area contributed by atoms with Crippen LogP contribution in [0.4, 0.5) is 0 Å². The number of benzene rings is 1. The fourth-order valence-electron chi connectivity index (χ4n) is 2.47. The molecule has 1 saturated heterocycles. The van der Waals surface area contributed by atoms with Crippen molar-refractivity contribution in [1.29, 1.82) is 0 Å². The normalized spacial score (nSPS) is 18.7.